The van der Waals surface area contributed by atoms with Crippen molar-refractivity contribution in [3.8, 4) is 0 Å². The van der Waals surface area contributed by atoms with E-state index in [0.717, 1.165) is 20.9 Å². The number of benzene rings is 1. The predicted octanol–water partition coefficient (Wildman–Crippen LogP) is 3.04. The Morgan fingerprint density at radius 2 is 1.95 bits per heavy atom. The molecule has 2 aromatic rings. The largest absolute Gasteiger partial charge is 0.395 e. The second-order valence-corrected chi connectivity index (χ2v) is 6.63. The van der Waals surface area contributed by atoms with E-state index in [1.165, 1.54) is 0 Å². The molecule has 1 N–H and O–H groups in total. The van der Waals surface area contributed by atoms with Crippen LogP contribution in [0, 0.1) is 13.8 Å². The lowest BCUT2D eigenvalue weighted by molar-refractivity contribution is 0.0908. The van der Waals surface area contributed by atoms with E-state index in [2.05, 4.69) is 0 Å². The van der Waals surface area contributed by atoms with Gasteiger partial charge < -0.3 is 5.11 Å². The Labute approximate surface area is 129 Å². The molecule has 0 aliphatic rings. The Morgan fingerprint density at radius 1 is 1.24 bits per heavy atom. The van der Waals surface area contributed by atoms with Crippen LogP contribution in [0.4, 0.5) is 0 Å². The van der Waals surface area contributed by atoms with Crippen LogP contribution >= 0.6 is 11.3 Å². The quantitative estimate of drug-likeness (QED) is 0.799. The fraction of sp³-hybridized carbons (Fsp3) is 0.353. The average Bonchev–Trinajstić information content (AvgIpc) is 2.79. The summed E-state index contributed by atoms with van der Waals surface area (Å²) >= 11 is 1.65. The van der Waals surface area contributed by atoms with Crippen molar-refractivity contribution in [1.82, 2.24) is 4.90 Å². The van der Waals surface area contributed by atoms with Crippen LogP contribution in [0.25, 0.3) is 0 Å². The third kappa shape index (κ3) is 4.49. The highest BCUT2D eigenvalue weighted by atomic mass is 32.1. The van der Waals surface area contributed by atoms with E-state index in [0.29, 0.717) is 19.6 Å². The maximum Gasteiger partial charge on any atom is 0.177 e. The summed E-state index contributed by atoms with van der Waals surface area (Å²) in [4.78, 5) is 16.7. The molecule has 2 rings (SSSR count). The van der Waals surface area contributed by atoms with Gasteiger partial charge in [-0.1, -0.05) is 30.3 Å². The van der Waals surface area contributed by atoms with Crippen molar-refractivity contribution in [2.24, 2.45) is 0 Å². The van der Waals surface area contributed by atoms with Gasteiger partial charge in [0, 0.05) is 28.4 Å². The molecule has 1 aromatic carbocycles. The monoisotopic (exact) mass is 303 g/mol. The summed E-state index contributed by atoms with van der Waals surface area (Å²) in [5.74, 6) is 0.126. The summed E-state index contributed by atoms with van der Waals surface area (Å²) in [6.45, 7) is 5.58. The molecular formula is C17H21NO2S. The Kier molecular flexibility index (Phi) is 5.67. The zero-order chi connectivity index (χ0) is 15.2. The first-order valence-corrected chi connectivity index (χ1v) is 7.89. The van der Waals surface area contributed by atoms with Gasteiger partial charge in [0.1, 0.15) is 0 Å². The normalized spacial score (nSPS) is 11.0. The lowest BCUT2D eigenvalue weighted by Gasteiger charge is -2.20. The van der Waals surface area contributed by atoms with Gasteiger partial charge >= 0.3 is 0 Å². The predicted molar refractivity (Wildman–Crippen MR) is 86.9 cm³/mol. The second kappa shape index (κ2) is 7.50. The minimum Gasteiger partial charge on any atom is -0.395 e. The molecule has 1 aromatic heterocycles. The molecule has 3 nitrogen and oxygen atoms in total. The Morgan fingerprint density at radius 3 is 2.52 bits per heavy atom. The van der Waals surface area contributed by atoms with Crippen LogP contribution in [-0.4, -0.2) is 35.5 Å². The maximum atomic E-state index is 12.4. The number of carbonyl (C=O) groups excluding carboxylic acids is 1. The number of hydrogen-bond donors (Lipinski definition) is 1. The summed E-state index contributed by atoms with van der Waals surface area (Å²) < 4.78 is 0. The number of rotatable bonds is 7. The van der Waals surface area contributed by atoms with Gasteiger partial charge in [-0.25, -0.2) is 0 Å². The van der Waals surface area contributed by atoms with Crippen LogP contribution in [0.3, 0.4) is 0 Å². The van der Waals surface area contributed by atoms with Gasteiger partial charge in [0.2, 0.25) is 0 Å². The zero-order valence-corrected chi connectivity index (χ0v) is 13.3. The fourth-order valence-corrected chi connectivity index (χ4v) is 3.34. The fourth-order valence-electron chi connectivity index (χ4n) is 2.39. The molecule has 0 amide bonds. The molecule has 112 valence electrons. The van der Waals surface area contributed by atoms with Gasteiger partial charge in [-0.3, -0.25) is 9.69 Å². The smallest absolute Gasteiger partial charge is 0.177 e. The topological polar surface area (TPSA) is 40.5 Å². The third-order valence-electron chi connectivity index (χ3n) is 3.37. The molecule has 0 unspecified atom stereocenters. The first-order chi connectivity index (χ1) is 10.1. The SMILES string of the molecule is Cc1cc(C(=O)CN(CCO)Cc2ccccc2)c(C)s1. The molecule has 0 radical (unpaired) electrons. The van der Waals surface area contributed by atoms with Gasteiger partial charge in [0.15, 0.2) is 5.78 Å². The third-order valence-corrected chi connectivity index (χ3v) is 4.34. The molecule has 0 aliphatic heterocycles. The number of hydrogen-bond acceptors (Lipinski definition) is 4. The molecule has 0 fully saturated rings. The number of thiophene rings is 1. The van der Waals surface area contributed by atoms with Crippen LogP contribution in [0.1, 0.15) is 25.7 Å². The van der Waals surface area contributed by atoms with Crippen molar-refractivity contribution in [2.45, 2.75) is 20.4 Å². The van der Waals surface area contributed by atoms with Crippen molar-refractivity contribution in [3.05, 3.63) is 57.3 Å². The number of carbonyl (C=O) groups is 1. The van der Waals surface area contributed by atoms with Gasteiger partial charge in [-0.15, -0.1) is 11.3 Å². The lowest BCUT2D eigenvalue weighted by atomic mass is 10.1. The summed E-state index contributed by atoms with van der Waals surface area (Å²) in [6.07, 6.45) is 0. The standard InChI is InChI=1S/C17H21NO2S/c1-13-10-16(14(2)21-13)17(20)12-18(8-9-19)11-15-6-4-3-5-7-15/h3-7,10,19H,8-9,11-12H2,1-2H3. The first kappa shape index (κ1) is 15.9. The van der Waals surface area contributed by atoms with Crippen molar-refractivity contribution < 1.29 is 9.90 Å². The highest BCUT2D eigenvalue weighted by Gasteiger charge is 2.16. The van der Waals surface area contributed by atoms with E-state index in [1.54, 1.807) is 11.3 Å². The van der Waals surface area contributed by atoms with Crippen molar-refractivity contribution in [3.63, 3.8) is 0 Å². The zero-order valence-electron chi connectivity index (χ0n) is 12.5. The van der Waals surface area contributed by atoms with E-state index >= 15 is 0 Å². The highest BCUT2D eigenvalue weighted by molar-refractivity contribution is 7.12. The number of aliphatic hydroxyl groups is 1. The Balaban J connectivity index is 2.05. The molecule has 0 bridgehead atoms. The summed E-state index contributed by atoms with van der Waals surface area (Å²) in [5, 5.41) is 9.21. The maximum absolute atomic E-state index is 12.4. The molecule has 4 heteroatoms. The van der Waals surface area contributed by atoms with Crippen molar-refractivity contribution in [1.29, 1.82) is 0 Å². The number of aryl methyl sites for hydroxylation is 2. The molecule has 0 saturated carbocycles. The molecule has 0 saturated heterocycles. The van der Waals surface area contributed by atoms with Gasteiger partial charge in [0.05, 0.1) is 13.2 Å². The summed E-state index contributed by atoms with van der Waals surface area (Å²) in [6, 6.07) is 12.0. The molecule has 1 heterocycles. The number of aliphatic hydroxyl groups excluding tert-OH is 1. The van der Waals surface area contributed by atoms with E-state index in [4.69, 9.17) is 0 Å². The molecule has 0 atom stereocenters. The van der Waals surface area contributed by atoms with Crippen molar-refractivity contribution >= 4 is 17.1 Å². The minimum absolute atomic E-state index is 0.0573. The van der Waals surface area contributed by atoms with Crippen LogP contribution in [0.5, 0.6) is 0 Å². The van der Waals surface area contributed by atoms with E-state index in [-0.39, 0.29) is 12.4 Å². The van der Waals surface area contributed by atoms with Gasteiger partial charge in [0.25, 0.3) is 0 Å². The van der Waals surface area contributed by atoms with E-state index < -0.39 is 0 Å². The second-order valence-electron chi connectivity index (χ2n) is 5.17. The van der Waals surface area contributed by atoms with Crippen LogP contribution in [0.2, 0.25) is 0 Å². The first-order valence-electron chi connectivity index (χ1n) is 7.07. The Hall–Kier alpha value is -1.49. The van der Waals surface area contributed by atoms with Crippen molar-refractivity contribution in [2.75, 3.05) is 19.7 Å². The molecular weight excluding hydrogens is 282 g/mol. The Bertz CT molecular complexity index is 592. The number of Topliss-reactive ketones (excluding diaryl/α,β-unsaturated/α-hetero) is 1. The van der Waals surface area contributed by atoms with Crippen LogP contribution < -0.4 is 0 Å². The van der Waals surface area contributed by atoms with E-state index in [9.17, 15) is 9.90 Å². The highest BCUT2D eigenvalue weighted by Crippen LogP contribution is 2.21. The molecule has 0 spiro atoms. The lowest BCUT2D eigenvalue weighted by Crippen LogP contribution is -2.32. The minimum atomic E-state index is 0.0573. The van der Waals surface area contributed by atoms with E-state index in [1.807, 2.05) is 55.1 Å². The number of nitrogens with zero attached hydrogens (tertiary/aromatic N) is 1. The molecule has 0 aliphatic carbocycles. The summed E-state index contributed by atoms with van der Waals surface area (Å²) in [5.41, 5.74) is 1.96. The average molecular weight is 303 g/mol. The molecule has 21 heavy (non-hydrogen) atoms. The van der Waals surface area contributed by atoms with Crippen LogP contribution in [-0.2, 0) is 6.54 Å². The number of ketones is 1. The summed E-state index contributed by atoms with van der Waals surface area (Å²) in [7, 11) is 0. The van der Waals surface area contributed by atoms with Gasteiger partial charge in [-0.2, -0.15) is 0 Å². The van der Waals surface area contributed by atoms with Crippen LogP contribution in [0.15, 0.2) is 36.4 Å². The van der Waals surface area contributed by atoms with Gasteiger partial charge in [-0.05, 0) is 25.5 Å².